The average Bonchev–Trinajstić information content (AvgIpc) is 1.38. The molecule has 3 nitrogen and oxygen atoms in total. The Hall–Kier alpha value is -0.0831. The van der Waals surface area contributed by atoms with Crippen LogP contribution < -0.4 is 0 Å². The fourth-order valence-corrected chi connectivity index (χ4v) is 0. The highest BCUT2D eigenvalue weighted by molar-refractivity contribution is 7.62. The van der Waals surface area contributed by atoms with E-state index < -0.39 is 16.3 Å². The molecule has 0 saturated carbocycles. The molecular weight excluding hydrogens is 107 g/mol. The Balaban J connectivity index is 3.69. The minimum atomic E-state index is -2.57. The van der Waals surface area contributed by atoms with Crippen LogP contribution in [0.3, 0.4) is 0 Å². The van der Waals surface area contributed by atoms with Crippen molar-refractivity contribution >= 4 is 16.3 Å². The number of rotatable bonds is 1. The van der Waals surface area contributed by atoms with Crippen molar-refractivity contribution in [3.63, 3.8) is 0 Å². The predicted molar refractivity (Wildman–Crippen MR) is 16.1 cm³/mol. The molecule has 5 heteroatoms. The Kier molecular flexibility index (Phi) is 2.14. The van der Waals surface area contributed by atoms with Gasteiger partial charge in [0.1, 0.15) is 0 Å². The van der Waals surface area contributed by atoms with Gasteiger partial charge in [-0.25, -0.2) is 9.13 Å². The van der Waals surface area contributed by atoms with Crippen LogP contribution in [0.2, 0.25) is 0 Å². The van der Waals surface area contributed by atoms with E-state index in [0.29, 0.717) is 0 Å². The molecule has 0 aliphatic heterocycles. The normalized spacial score (nSPS) is 6.40. The Labute approximate surface area is 30.9 Å². The third-order valence-electron chi connectivity index (χ3n) is 0.0861. The SMILES string of the molecule is O=[SiH]P(=O)=O. The van der Waals surface area contributed by atoms with Gasteiger partial charge in [-0.2, -0.15) is 0 Å². The minimum absolute atomic E-state index is 1.56. The van der Waals surface area contributed by atoms with Gasteiger partial charge in [-0.1, -0.05) is 0 Å². The summed E-state index contributed by atoms with van der Waals surface area (Å²) in [5.41, 5.74) is 0. The zero-order chi connectivity index (χ0) is 4.28. The van der Waals surface area contributed by atoms with Crippen LogP contribution in [0.15, 0.2) is 0 Å². The van der Waals surface area contributed by atoms with Gasteiger partial charge in [-0.3, -0.25) is 0 Å². The van der Waals surface area contributed by atoms with Crippen LogP contribution >= 0.6 is 7.23 Å². The second-order valence-electron chi connectivity index (χ2n) is 0.391. The van der Waals surface area contributed by atoms with Crippen molar-refractivity contribution in [2.45, 2.75) is 0 Å². The molecule has 5 heavy (non-hydrogen) atoms. The molecule has 0 N–H and O–H groups in total. The van der Waals surface area contributed by atoms with Crippen LogP contribution in [0.1, 0.15) is 0 Å². The number of hydrogen-bond acceptors (Lipinski definition) is 3. The highest BCUT2D eigenvalue weighted by Crippen LogP contribution is 1.87. The summed E-state index contributed by atoms with van der Waals surface area (Å²) in [6, 6.07) is 0. The van der Waals surface area contributed by atoms with E-state index in [4.69, 9.17) is 13.6 Å². The van der Waals surface area contributed by atoms with E-state index in [1.807, 2.05) is 0 Å². The summed E-state index contributed by atoms with van der Waals surface area (Å²) >= 11 is 0. The Morgan fingerprint density at radius 3 is 1.60 bits per heavy atom. The summed E-state index contributed by atoms with van der Waals surface area (Å²) in [4.78, 5) is 0. The van der Waals surface area contributed by atoms with Crippen molar-refractivity contribution in [1.82, 2.24) is 0 Å². The molecule has 0 rings (SSSR count). The largest absolute Gasteiger partial charge is 0.410 e. The summed E-state index contributed by atoms with van der Waals surface area (Å²) in [6.45, 7) is 0. The second kappa shape index (κ2) is 2.17. The molecule has 0 aromatic heterocycles. The third-order valence-corrected chi connectivity index (χ3v) is 0.775. The van der Waals surface area contributed by atoms with E-state index >= 15 is 0 Å². The second-order valence-corrected chi connectivity index (χ2v) is 3.07. The maximum atomic E-state index is 9.13. The maximum Gasteiger partial charge on any atom is 0.410 e. The predicted octanol–water partition coefficient (Wildman–Crippen LogP) is -0.144. The topological polar surface area (TPSA) is 51.2 Å². The summed E-state index contributed by atoms with van der Waals surface area (Å²) in [7, 11) is -4.14. The van der Waals surface area contributed by atoms with E-state index in [9.17, 15) is 0 Å². The first-order valence-corrected chi connectivity index (χ1v) is 4.13. The molecule has 0 heterocycles. The fraction of sp³-hybridized carbons (Fsp3) is 0. The van der Waals surface area contributed by atoms with Crippen molar-refractivity contribution < 1.29 is 13.6 Å². The molecule has 0 aromatic rings. The smallest absolute Gasteiger partial charge is 0.373 e. The quantitative estimate of drug-likeness (QED) is 0.347. The zero-order valence-corrected chi connectivity index (χ0v) is 4.30. The lowest BCUT2D eigenvalue weighted by Gasteiger charge is -1.35. The van der Waals surface area contributed by atoms with E-state index in [1.54, 1.807) is 0 Å². The highest BCUT2D eigenvalue weighted by Gasteiger charge is 1.75. The van der Waals surface area contributed by atoms with Gasteiger partial charge in [-0.15, -0.1) is 0 Å². The third kappa shape index (κ3) is 3.92. The zero-order valence-electron chi connectivity index (χ0n) is 2.25. The van der Waals surface area contributed by atoms with Crippen LogP contribution in [-0.4, -0.2) is 9.07 Å². The van der Waals surface area contributed by atoms with E-state index in [-0.39, 0.29) is 0 Å². The molecule has 28 valence electrons. The van der Waals surface area contributed by atoms with Gasteiger partial charge in [0, 0.05) is 0 Å². The lowest BCUT2D eigenvalue weighted by Crippen LogP contribution is -1.42. The van der Waals surface area contributed by atoms with Crippen LogP contribution in [0.4, 0.5) is 0 Å². The average molecular weight is 108 g/mol. The maximum absolute atomic E-state index is 9.13. The molecule has 0 aliphatic carbocycles. The van der Waals surface area contributed by atoms with E-state index in [0.717, 1.165) is 0 Å². The van der Waals surface area contributed by atoms with Crippen molar-refractivity contribution in [3.8, 4) is 0 Å². The first kappa shape index (κ1) is 4.92. The van der Waals surface area contributed by atoms with Crippen LogP contribution in [0.25, 0.3) is 0 Å². The molecule has 0 amide bonds. The molecule has 0 spiro atoms. The molecule has 0 saturated heterocycles. The van der Waals surface area contributed by atoms with E-state index in [2.05, 4.69) is 0 Å². The summed E-state index contributed by atoms with van der Waals surface area (Å²) < 4.78 is 27.4. The van der Waals surface area contributed by atoms with Crippen LogP contribution in [0, 0.1) is 0 Å². The molecule has 0 unspecified atom stereocenters. The minimum Gasteiger partial charge on any atom is -0.373 e. The Bertz CT molecular complexity index is 83.1. The van der Waals surface area contributed by atoms with Gasteiger partial charge >= 0.3 is 16.3 Å². The number of hydrogen-bond donors (Lipinski definition) is 0. The van der Waals surface area contributed by atoms with Gasteiger partial charge in [0.15, 0.2) is 0 Å². The van der Waals surface area contributed by atoms with Gasteiger partial charge < -0.3 is 4.46 Å². The molecule has 0 radical (unpaired) electrons. The monoisotopic (exact) mass is 108 g/mol. The molecular formula is HO3PSi. The van der Waals surface area contributed by atoms with Gasteiger partial charge in [0.25, 0.3) is 0 Å². The molecule has 0 fully saturated rings. The fourth-order valence-electron chi connectivity index (χ4n) is 0. The molecule has 0 bridgehead atoms. The van der Waals surface area contributed by atoms with Crippen LogP contribution in [0.5, 0.6) is 0 Å². The highest BCUT2D eigenvalue weighted by atomic mass is 31.3. The lowest BCUT2D eigenvalue weighted by molar-refractivity contribution is 0.519. The van der Waals surface area contributed by atoms with Gasteiger partial charge in [0.05, 0.1) is 0 Å². The van der Waals surface area contributed by atoms with Gasteiger partial charge in [-0.05, 0) is 0 Å². The molecule has 0 aliphatic rings. The van der Waals surface area contributed by atoms with Gasteiger partial charge in [0.2, 0.25) is 0 Å². The Morgan fingerprint density at radius 2 is 1.60 bits per heavy atom. The summed E-state index contributed by atoms with van der Waals surface area (Å²) in [5.74, 6) is 0. The first-order valence-electron chi connectivity index (χ1n) is 0.859. The molecule has 0 aromatic carbocycles. The standard InChI is InChI=1S/HO3PSi/c1-4(2)5-3/h5H. The van der Waals surface area contributed by atoms with Crippen LogP contribution in [-0.2, 0) is 13.6 Å². The van der Waals surface area contributed by atoms with Crippen molar-refractivity contribution in [1.29, 1.82) is 0 Å². The molecule has 0 atom stereocenters. The van der Waals surface area contributed by atoms with Crippen molar-refractivity contribution in [3.05, 3.63) is 0 Å². The van der Waals surface area contributed by atoms with Crippen molar-refractivity contribution in [2.24, 2.45) is 0 Å². The lowest BCUT2D eigenvalue weighted by atomic mass is 15.9. The summed E-state index contributed by atoms with van der Waals surface area (Å²) in [6.07, 6.45) is 0. The summed E-state index contributed by atoms with van der Waals surface area (Å²) in [5, 5.41) is 0. The Morgan fingerprint density at radius 1 is 1.40 bits per heavy atom. The van der Waals surface area contributed by atoms with E-state index in [1.165, 1.54) is 0 Å². The first-order chi connectivity index (χ1) is 2.27. The van der Waals surface area contributed by atoms with Crippen molar-refractivity contribution in [2.75, 3.05) is 0 Å².